The van der Waals surface area contributed by atoms with Crippen LogP contribution in [-0.2, 0) is 10.2 Å². The number of benzene rings is 2. The van der Waals surface area contributed by atoms with Gasteiger partial charge >= 0.3 is 6.03 Å². The van der Waals surface area contributed by atoms with Gasteiger partial charge in [0.2, 0.25) is 0 Å². The largest absolute Gasteiger partial charge is 0.329 e. The summed E-state index contributed by atoms with van der Waals surface area (Å²) in [5.74, 6) is -0.368. The van der Waals surface area contributed by atoms with Crippen molar-refractivity contribution in [3.8, 4) is 6.07 Å². The van der Waals surface area contributed by atoms with Crippen LogP contribution < -0.4 is 15.5 Å². The monoisotopic (exact) mass is 414 g/mol. The van der Waals surface area contributed by atoms with Gasteiger partial charge in [-0.25, -0.2) is 9.69 Å². The Kier molecular flexibility index (Phi) is 4.35. The molecular weight excluding hydrogens is 399 g/mol. The van der Waals surface area contributed by atoms with Gasteiger partial charge < -0.3 is 10.6 Å². The number of amides is 3. The molecule has 1 spiro atoms. The molecule has 2 aromatic carbocycles. The number of hydrogen-bond donors (Lipinski definition) is 2. The van der Waals surface area contributed by atoms with Crippen LogP contribution in [0.2, 0.25) is 10.0 Å². The van der Waals surface area contributed by atoms with Crippen LogP contribution in [0.25, 0.3) is 0 Å². The summed E-state index contributed by atoms with van der Waals surface area (Å²) in [5.41, 5.74) is -0.149. The van der Waals surface area contributed by atoms with Crippen LogP contribution in [0.3, 0.4) is 0 Å². The first-order valence-corrected chi connectivity index (χ1v) is 9.40. The van der Waals surface area contributed by atoms with Crippen molar-refractivity contribution in [2.75, 3.05) is 18.0 Å². The van der Waals surface area contributed by atoms with E-state index in [0.29, 0.717) is 34.4 Å². The summed E-state index contributed by atoms with van der Waals surface area (Å²) in [5, 5.41) is 15.9. The van der Waals surface area contributed by atoms with Crippen molar-refractivity contribution in [3.05, 3.63) is 63.6 Å². The van der Waals surface area contributed by atoms with Gasteiger partial charge in [-0.3, -0.25) is 4.79 Å². The molecule has 2 fully saturated rings. The molecule has 2 N–H and O–H groups in total. The summed E-state index contributed by atoms with van der Waals surface area (Å²) in [7, 11) is 0. The Morgan fingerprint density at radius 3 is 2.32 bits per heavy atom. The van der Waals surface area contributed by atoms with Gasteiger partial charge in [0.25, 0.3) is 5.91 Å². The first kappa shape index (κ1) is 18.8. The van der Waals surface area contributed by atoms with Gasteiger partial charge in [-0.1, -0.05) is 42.3 Å². The number of hydrogen-bond acceptors (Lipinski definition) is 4. The fourth-order valence-electron chi connectivity index (χ4n) is 4.08. The van der Waals surface area contributed by atoms with E-state index in [0.717, 1.165) is 10.5 Å². The maximum atomic E-state index is 13.5. The number of anilines is 1. The van der Waals surface area contributed by atoms with Crippen LogP contribution >= 0.6 is 23.2 Å². The van der Waals surface area contributed by atoms with Crippen molar-refractivity contribution in [3.63, 3.8) is 0 Å². The third kappa shape index (κ3) is 2.59. The fraction of sp³-hybridized carbons (Fsp3) is 0.250. The molecule has 8 heteroatoms. The standard InChI is InChI=1S/C20H16Cl2N4O2/c1-19(13-4-2-12(9-23)3-5-13)10-24-11-20(19)17(27)26(18(28)25-20)16-7-14(21)6-15(22)8-16/h2-8,24H,10-11H2,1H3,(H,25,28)/t19-,20-/m0/s1. The molecule has 3 amide bonds. The lowest BCUT2D eigenvalue weighted by molar-refractivity contribution is -0.123. The molecular formula is C20H16Cl2N4O2. The fourth-order valence-corrected chi connectivity index (χ4v) is 4.59. The lowest BCUT2D eigenvalue weighted by Crippen LogP contribution is -2.61. The number of carbonyl (C=O) groups is 2. The molecule has 2 aromatic rings. The molecule has 2 heterocycles. The van der Waals surface area contributed by atoms with E-state index in [1.165, 1.54) is 12.1 Å². The van der Waals surface area contributed by atoms with Gasteiger partial charge in [-0.15, -0.1) is 0 Å². The molecule has 2 saturated heterocycles. The maximum absolute atomic E-state index is 13.5. The zero-order valence-corrected chi connectivity index (χ0v) is 16.4. The highest BCUT2D eigenvalue weighted by atomic mass is 35.5. The van der Waals surface area contributed by atoms with Gasteiger partial charge in [-0.2, -0.15) is 5.26 Å². The quantitative estimate of drug-likeness (QED) is 0.738. The van der Waals surface area contributed by atoms with E-state index in [1.54, 1.807) is 18.2 Å². The van der Waals surface area contributed by atoms with Crippen molar-refractivity contribution in [2.45, 2.75) is 17.9 Å². The van der Waals surface area contributed by atoms with Gasteiger partial charge in [0, 0.05) is 28.5 Å². The highest BCUT2D eigenvalue weighted by Crippen LogP contribution is 2.43. The van der Waals surface area contributed by atoms with Crippen molar-refractivity contribution < 1.29 is 9.59 Å². The number of halogens is 2. The third-order valence-electron chi connectivity index (χ3n) is 5.66. The Bertz CT molecular complexity index is 1010. The molecule has 0 aromatic heterocycles. The van der Waals surface area contributed by atoms with Gasteiger partial charge in [0.1, 0.15) is 5.54 Å². The van der Waals surface area contributed by atoms with Crippen molar-refractivity contribution in [1.29, 1.82) is 5.26 Å². The van der Waals surface area contributed by atoms with E-state index in [4.69, 9.17) is 28.5 Å². The minimum atomic E-state index is -1.16. The number of rotatable bonds is 2. The number of nitriles is 1. The Morgan fingerprint density at radius 2 is 1.71 bits per heavy atom. The summed E-state index contributed by atoms with van der Waals surface area (Å²) in [4.78, 5) is 27.5. The van der Waals surface area contributed by atoms with E-state index in [-0.39, 0.29) is 5.91 Å². The minimum absolute atomic E-state index is 0.291. The second-order valence-electron chi connectivity index (χ2n) is 7.23. The summed E-state index contributed by atoms with van der Waals surface area (Å²) in [6, 6.07) is 13.2. The van der Waals surface area contributed by atoms with Crippen molar-refractivity contribution in [2.24, 2.45) is 0 Å². The van der Waals surface area contributed by atoms with E-state index >= 15 is 0 Å². The molecule has 0 radical (unpaired) electrons. The highest BCUT2D eigenvalue weighted by molar-refractivity contribution is 6.35. The number of nitrogens with zero attached hydrogens (tertiary/aromatic N) is 2. The van der Waals surface area contributed by atoms with Crippen LogP contribution in [-0.4, -0.2) is 30.6 Å². The normalized spacial score (nSPS) is 26.6. The van der Waals surface area contributed by atoms with Crippen molar-refractivity contribution in [1.82, 2.24) is 10.6 Å². The molecule has 0 aliphatic carbocycles. The van der Waals surface area contributed by atoms with Crippen LogP contribution in [0.4, 0.5) is 10.5 Å². The molecule has 0 saturated carbocycles. The Balaban J connectivity index is 1.79. The number of carbonyl (C=O) groups excluding carboxylic acids is 2. The lowest BCUT2D eigenvalue weighted by Gasteiger charge is -2.38. The topological polar surface area (TPSA) is 85.2 Å². The van der Waals surface area contributed by atoms with E-state index in [2.05, 4.69) is 16.7 Å². The number of imide groups is 1. The average Bonchev–Trinajstić information content (AvgIpc) is 3.12. The summed E-state index contributed by atoms with van der Waals surface area (Å²) in [6.45, 7) is 2.72. The summed E-state index contributed by atoms with van der Waals surface area (Å²) < 4.78 is 0. The second-order valence-corrected chi connectivity index (χ2v) is 8.10. The Labute approximate surface area is 172 Å². The first-order valence-electron chi connectivity index (χ1n) is 8.65. The highest BCUT2D eigenvalue weighted by Gasteiger charge is 2.64. The molecule has 2 atom stereocenters. The predicted molar refractivity (Wildman–Crippen MR) is 107 cm³/mol. The van der Waals surface area contributed by atoms with Crippen LogP contribution in [0.5, 0.6) is 0 Å². The SMILES string of the molecule is C[C@@]1(c2ccc(C#N)cc2)CNC[C@@]12NC(=O)N(c1cc(Cl)cc(Cl)c1)C2=O. The summed E-state index contributed by atoms with van der Waals surface area (Å²) >= 11 is 12.1. The molecule has 2 aliphatic rings. The molecule has 0 bridgehead atoms. The zero-order valence-electron chi connectivity index (χ0n) is 14.9. The van der Waals surface area contributed by atoms with E-state index < -0.39 is 17.0 Å². The maximum Gasteiger partial charge on any atom is 0.329 e. The van der Waals surface area contributed by atoms with E-state index in [1.807, 2.05) is 19.1 Å². The smallest absolute Gasteiger partial charge is 0.321 e. The molecule has 0 unspecified atom stereocenters. The van der Waals surface area contributed by atoms with Crippen LogP contribution in [0.1, 0.15) is 18.1 Å². The Hall–Kier alpha value is -2.59. The van der Waals surface area contributed by atoms with Gasteiger partial charge in [0.15, 0.2) is 0 Å². The van der Waals surface area contributed by atoms with Crippen LogP contribution in [0.15, 0.2) is 42.5 Å². The molecule has 2 aliphatic heterocycles. The van der Waals surface area contributed by atoms with E-state index in [9.17, 15) is 9.59 Å². The molecule has 4 rings (SSSR count). The number of nitrogens with one attached hydrogen (secondary N) is 2. The summed E-state index contributed by atoms with van der Waals surface area (Å²) in [6.07, 6.45) is 0. The predicted octanol–water partition coefficient (Wildman–Crippen LogP) is 3.22. The average molecular weight is 415 g/mol. The molecule has 142 valence electrons. The lowest BCUT2D eigenvalue weighted by atomic mass is 9.68. The number of urea groups is 1. The first-order chi connectivity index (χ1) is 13.3. The van der Waals surface area contributed by atoms with Crippen LogP contribution in [0, 0.1) is 11.3 Å². The van der Waals surface area contributed by atoms with Crippen molar-refractivity contribution >= 4 is 40.8 Å². The Morgan fingerprint density at radius 1 is 1.07 bits per heavy atom. The zero-order chi connectivity index (χ0) is 20.1. The van der Waals surface area contributed by atoms with Gasteiger partial charge in [-0.05, 0) is 35.9 Å². The third-order valence-corrected chi connectivity index (χ3v) is 6.10. The molecule has 28 heavy (non-hydrogen) atoms. The second kappa shape index (κ2) is 6.49. The van der Waals surface area contributed by atoms with Gasteiger partial charge in [0.05, 0.1) is 17.3 Å². The minimum Gasteiger partial charge on any atom is -0.321 e. The molecule has 6 nitrogen and oxygen atoms in total.